The minimum Gasteiger partial charge on any atom is -0.496 e. The number of likely N-dealkylation sites (tertiary alicyclic amines) is 1. The zero-order valence-electron chi connectivity index (χ0n) is 18.4. The number of nitrogens with zero attached hydrogens (tertiary/aromatic N) is 2. The lowest BCUT2D eigenvalue weighted by atomic mass is 9.89. The Morgan fingerprint density at radius 1 is 1.24 bits per heavy atom. The highest BCUT2D eigenvalue weighted by molar-refractivity contribution is 6.33. The molecule has 0 amide bonds. The summed E-state index contributed by atoms with van der Waals surface area (Å²) in [5, 5.41) is 19.8. The van der Waals surface area contributed by atoms with Crippen LogP contribution < -0.4 is 14.9 Å². The van der Waals surface area contributed by atoms with E-state index in [4.69, 9.17) is 30.8 Å². The number of likely N-dealkylation sites (N-methyl/N-ethyl adjacent to an activating group) is 1. The van der Waals surface area contributed by atoms with Crippen LogP contribution in [-0.4, -0.2) is 50.5 Å². The predicted molar refractivity (Wildman–Crippen MR) is 129 cm³/mol. The molecule has 3 aromatic rings. The summed E-state index contributed by atoms with van der Waals surface area (Å²) in [6.07, 6.45) is 0.769. The third-order valence-corrected chi connectivity index (χ3v) is 6.46. The van der Waals surface area contributed by atoms with Gasteiger partial charge in [-0.2, -0.15) is 5.26 Å². The molecule has 2 heterocycles. The van der Waals surface area contributed by atoms with Gasteiger partial charge in [-0.05, 0) is 38.2 Å². The lowest BCUT2D eigenvalue weighted by molar-refractivity contribution is 0.171. The smallest absolute Gasteiger partial charge is 0.197 e. The first kappa shape index (κ1) is 24.9. The fourth-order valence-corrected chi connectivity index (χ4v) is 4.78. The van der Waals surface area contributed by atoms with E-state index in [1.165, 1.54) is 19.2 Å². The van der Waals surface area contributed by atoms with E-state index in [1.54, 1.807) is 25.3 Å². The summed E-state index contributed by atoms with van der Waals surface area (Å²) in [5.41, 5.74) is 1.69. The van der Waals surface area contributed by atoms with Crippen molar-refractivity contribution < 1.29 is 19.0 Å². The molecule has 1 N–H and O–H groups in total. The molecule has 9 heteroatoms. The van der Waals surface area contributed by atoms with Gasteiger partial charge in [-0.25, -0.2) is 0 Å². The molecule has 1 fully saturated rings. The summed E-state index contributed by atoms with van der Waals surface area (Å²) < 4.78 is 17.5. The van der Waals surface area contributed by atoms with Crippen molar-refractivity contribution in [2.45, 2.75) is 18.4 Å². The lowest BCUT2D eigenvalue weighted by Gasteiger charge is -2.25. The molecule has 0 bridgehead atoms. The van der Waals surface area contributed by atoms with Gasteiger partial charge in [0, 0.05) is 35.2 Å². The number of ether oxygens (including phenoxy) is 2. The van der Waals surface area contributed by atoms with Gasteiger partial charge in [0.25, 0.3) is 0 Å². The maximum atomic E-state index is 13.2. The van der Waals surface area contributed by atoms with Crippen molar-refractivity contribution in [2.75, 3.05) is 34.4 Å². The van der Waals surface area contributed by atoms with Crippen LogP contribution >= 0.6 is 24.0 Å². The minimum atomic E-state index is -0.283. The van der Waals surface area contributed by atoms with E-state index < -0.39 is 0 Å². The molecule has 1 aliphatic rings. The summed E-state index contributed by atoms with van der Waals surface area (Å²) in [7, 11) is 4.99. The maximum Gasteiger partial charge on any atom is 0.197 e. The van der Waals surface area contributed by atoms with Crippen LogP contribution in [0.25, 0.3) is 22.3 Å². The number of nitriles is 1. The fourth-order valence-electron chi connectivity index (χ4n) is 4.51. The molecular formula is C24H24Cl2N2O5. The van der Waals surface area contributed by atoms with Crippen molar-refractivity contribution in [2.24, 2.45) is 0 Å². The zero-order chi connectivity index (χ0) is 23.0. The molecule has 33 heavy (non-hydrogen) atoms. The molecule has 0 radical (unpaired) electrons. The first-order valence-electron chi connectivity index (χ1n) is 10.2. The third kappa shape index (κ3) is 4.28. The zero-order valence-corrected chi connectivity index (χ0v) is 20.0. The fraction of sp³-hybridized carbons (Fsp3) is 0.333. The second-order valence-corrected chi connectivity index (χ2v) is 8.21. The normalized spacial score (nSPS) is 18.1. The molecule has 7 nitrogen and oxygen atoms in total. The van der Waals surface area contributed by atoms with Crippen molar-refractivity contribution >= 4 is 35.0 Å². The second-order valence-electron chi connectivity index (χ2n) is 7.81. The van der Waals surface area contributed by atoms with Crippen LogP contribution in [0.3, 0.4) is 0 Å². The monoisotopic (exact) mass is 490 g/mol. The number of halogens is 2. The summed E-state index contributed by atoms with van der Waals surface area (Å²) in [6, 6.07) is 9.76. The van der Waals surface area contributed by atoms with E-state index in [2.05, 4.69) is 4.90 Å². The quantitative estimate of drug-likeness (QED) is 0.572. The first-order valence-corrected chi connectivity index (χ1v) is 10.5. The Kier molecular flexibility index (Phi) is 7.55. The number of hydrogen-bond donors (Lipinski definition) is 1. The number of aliphatic hydroxyl groups excluding tert-OH is 1. The second kappa shape index (κ2) is 10.0. The van der Waals surface area contributed by atoms with Crippen molar-refractivity contribution in [1.82, 2.24) is 4.90 Å². The van der Waals surface area contributed by atoms with E-state index in [1.807, 2.05) is 13.1 Å². The molecule has 0 unspecified atom stereocenters. The average molecular weight is 491 g/mol. The van der Waals surface area contributed by atoms with E-state index in [0.717, 1.165) is 18.5 Å². The summed E-state index contributed by atoms with van der Waals surface area (Å²) in [5.74, 6) is 1.04. The number of benzene rings is 2. The molecule has 2 aromatic carbocycles. The number of rotatable bonds is 5. The molecule has 2 atom stereocenters. The van der Waals surface area contributed by atoms with Gasteiger partial charge in [-0.3, -0.25) is 4.79 Å². The highest BCUT2D eigenvalue weighted by Gasteiger charge is 2.37. The Bertz CT molecular complexity index is 1280. The van der Waals surface area contributed by atoms with Crippen LogP contribution in [-0.2, 0) is 0 Å². The van der Waals surface area contributed by atoms with Crippen molar-refractivity contribution in [3.05, 3.63) is 56.7 Å². The topological polar surface area (TPSA) is 95.9 Å². The average Bonchev–Trinajstić information content (AvgIpc) is 3.17. The summed E-state index contributed by atoms with van der Waals surface area (Å²) in [6.45, 7) is 0.751. The van der Waals surface area contributed by atoms with E-state index in [0.29, 0.717) is 38.6 Å². The Labute approximate surface area is 202 Å². The Balaban J connectivity index is 0.00000306. The molecule has 0 saturated carbocycles. The summed E-state index contributed by atoms with van der Waals surface area (Å²) in [4.78, 5) is 15.3. The number of hydrogen-bond acceptors (Lipinski definition) is 7. The summed E-state index contributed by atoms with van der Waals surface area (Å²) >= 11 is 6.39. The highest BCUT2D eigenvalue weighted by Crippen LogP contribution is 2.45. The number of aliphatic hydroxyl groups is 1. The molecular weight excluding hydrogens is 467 g/mol. The van der Waals surface area contributed by atoms with Crippen LogP contribution in [0.5, 0.6) is 11.5 Å². The molecule has 0 aliphatic carbocycles. The van der Waals surface area contributed by atoms with Crippen molar-refractivity contribution in [3.8, 4) is 28.9 Å². The molecule has 0 spiro atoms. The van der Waals surface area contributed by atoms with Gasteiger partial charge in [0.1, 0.15) is 28.2 Å². The SMILES string of the molecule is COc1cc(OC)c2c(=O)cc(-c3ccc(C#N)cc3Cl)oc2c1[C@H]1CCN(C)[C@@H]1CO.Cl. The van der Waals surface area contributed by atoms with Crippen LogP contribution in [0, 0.1) is 11.3 Å². The third-order valence-electron chi connectivity index (χ3n) is 6.15. The highest BCUT2D eigenvalue weighted by atomic mass is 35.5. The Hall–Kier alpha value is -2.76. The molecule has 174 valence electrons. The minimum absolute atomic E-state index is 0. The first-order chi connectivity index (χ1) is 15.4. The largest absolute Gasteiger partial charge is 0.496 e. The Morgan fingerprint density at radius 2 is 1.97 bits per heavy atom. The van der Waals surface area contributed by atoms with Crippen LogP contribution in [0.1, 0.15) is 23.5 Å². The molecule has 1 saturated heterocycles. The molecule has 4 rings (SSSR count). The van der Waals surface area contributed by atoms with Crippen molar-refractivity contribution in [3.63, 3.8) is 0 Å². The van der Waals surface area contributed by atoms with Gasteiger partial charge in [-0.1, -0.05) is 11.6 Å². The van der Waals surface area contributed by atoms with Gasteiger partial charge in [0.05, 0.1) is 37.5 Å². The lowest BCUT2D eigenvalue weighted by Crippen LogP contribution is -2.32. The van der Waals surface area contributed by atoms with Gasteiger partial charge in [0.15, 0.2) is 5.43 Å². The Morgan fingerprint density at radius 3 is 2.58 bits per heavy atom. The standard InChI is InChI=1S/C24H23ClN2O5.ClH/c1-27-7-6-15(17(27)12-28)22-20(30-2)10-21(31-3)23-18(29)9-19(32-24(22)23)14-5-4-13(11-26)8-16(14)25;/h4-5,8-10,15,17,28H,6-7,12H2,1-3H3;1H/t15-,17+;/m0./s1. The number of methoxy groups -OCH3 is 2. The number of fused-ring (bicyclic) bond motifs is 1. The van der Waals surface area contributed by atoms with Crippen LogP contribution in [0.4, 0.5) is 0 Å². The molecule has 1 aliphatic heterocycles. The van der Waals surface area contributed by atoms with E-state index >= 15 is 0 Å². The van der Waals surface area contributed by atoms with Crippen LogP contribution in [0.15, 0.2) is 39.5 Å². The van der Waals surface area contributed by atoms with Gasteiger partial charge in [-0.15, -0.1) is 12.4 Å². The van der Waals surface area contributed by atoms with Crippen LogP contribution in [0.2, 0.25) is 5.02 Å². The van der Waals surface area contributed by atoms with Gasteiger partial charge < -0.3 is 23.9 Å². The maximum absolute atomic E-state index is 13.2. The van der Waals surface area contributed by atoms with Crippen molar-refractivity contribution in [1.29, 1.82) is 5.26 Å². The predicted octanol–water partition coefficient (Wildman–Crippen LogP) is 4.20. The van der Waals surface area contributed by atoms with E-state index in [9.17, 15) is 9.90 Å². The van der Waals surface area contributed by atoms with Gasteiger partial charge >= 0.3 is 0 Å². The van der Waals surface area contributed by atoms with Gasteiger partial charge in [0.2, 0.25) is 0 Å². The van der Waals surface area contributed by atoms with E-state index in [-0.39, 0.29) is 42.2 Å². The molecule has 1 aromatic heterocycles.